The third-order valence-electron chi connectivity index (χ3n) is 3.50. The fourth-order valence-electron chi connectivity index (χ4n) is 2.26. The normalized spacial score (nSPS) is 10.6. The first-order valence-corrected chi connectivity index (χ1v) is 7.62. The van der Waals surface area contributed by atoms with Gasteiger partial charge in [-0.2, -0.15) is 5.10 Å². The molecule has 1 N–H and O–H groups in total. The van der Waals surface area contributed by atoms with Crippen LogP contribution >= 0.6 is 0 Å². The minimum Gasteiger partial charge on any atom is -0.354 e. The van der Waals surface area contributed by atoms with Crippen LogP contribution in [0.25, 0.3) is 11.4 Å². The van der Waals surface area contributed by atoms with Gasteiger partial charge in [-0.25, -0.2) is 8.78 Å². The van der Waals surface area contributed by atoms with Crippen LogP contribution in [0.1, 0.15) is 5.56 Å². The van der Waals surface area contributed by atoms with Crippen LogP contribution in [0.15, 0.2) is 49.1 Å². The Morgan fingerprint density at radius 2 is 2.04 bits per heavy atom. The van der Waals surface area contributed by atoms with Gasteiger partial charge in [-0.05, 0) is 17.7 Å². The standard InChI is InChI=1S/C17H15F2N5O/c18-13-2-1-12(14(19)10-13)9-17(25)22-6-8-24-7-3-15(23-24)16-11-20-4-5-21-16/h1-5,7,10-11H,6,8-9H2,(H,22,25). The second kappa shape index (κ2) is 7.61. The maximum atomic E-state index is 13.5. The first kappa shape index (κ1) is 16.7. The van der Waals surface area contributed by atoms with E-state index in [9.17, 15) is 13.6 Å². The summed E-state index contributed by atoms with van der Waals surface area (Å²) in [5, 5.41) is 7.03. The predicted octanol–water partition coefficient (Wildman–Crippen LogP) is 1.98. The molecule has 1 amide bonds. The first-order valence-electron chi connectivity index (χ1n) is 7.62. The molecule has 25 heavy (non-hydrogen) atoms. The van der Waals surface area contributed by atoms with Crippen LogP contribution in [0, 0.1) is 11.6 Å². The summed E-state index contributed by atoms with van der Waals surface area (Å²) in [6.07, 6.45) is 6.42. The number of aromatic nitrogens is 4. The summed E-state index contributed by atoms with van der Waals surface area (Å²) in [6.45, 7) is 0.793. The van der Waals surface area contributed by atoms with Gasteiger partial charge in [-0.15, -0.1) is 0 Å². The van der Waals surface area contributed by atoms with Crippen molar-refractivity contribution in [3.05, 3.63) is 66.3 Å². The number of rotatable bonds is 6. The Bertz CT molecular complexity index is 866. The number of nitrogens with one attached hydrogen (secondary N) is 1. The summed E-state index contributed by atoms with van der Waals surface area (Å²) in [6, 6.07) is 4.97. The maximum Gasteiger partial charge on any atom is 0.224 e. The summed E-state index contributed by atoms with van der Waals surface area (Å²) in [7, 11) is 0. The highest BCUT2D eigenvalue weighted by atomic mass is 19.1. The lowest BCUT2D eigenvalue weighted by molar-refractivity contribution is -0.120. The van der Waals surface area contributed by atoms with Crippen LogP contribution in [0.3, 0.4) is 0 Å². The lowest BCUT2D eigenvalue weighted by Gasteiger charge is -2.06. The molecule has 3 rings (SSSR count). The van der Waals surface area contributed by atoms with Gasteiger partial charge in [0.2, 0.25) is 5.91 Å². The molecule has 0 bridgehead atoms. The van der Waals surface area contributed by atoms with Gasteiger partial charge < -0.3 is 5.32 Å². The zero-order valence-corrected chi connectivity index (χ0v) is 13.2. The molecule has 0 saturated heterocycles. The molecule has 0 saturated carbocycles. The molecular formula is C17H15F2N5O. The number of amides is 1. The maximum absolute atomic E-state index is 13.5. The smallest absolute Gasteiger partial charge is 0.224 e. The van der Waals surface area contributed by atoms with Crippen molar-refractivity contribution in [2.75, 3.05) is 6.54 Å². The zero-order chi connectivity index (χ0) is 17.6. The van der Waals surface area contributed by atoms with Crippen molar-refractivity contribution in [1.29, 1.82) is 0 Å². The van der Waals surface area contributed by atoms with E-state index in [1.807, 2.05) is 0 Å². The Morgan fingerprint density at radius 1 is 1.16 bits per heavy atom. The average molecular weight is 343 g/mol. The van der Waals surface area contributed by atoms with E-state index in [1.54, 1.807) is 35.5 Å². The second-order valence-corrected chi connectivity index (χ2v) is 5.32. The largest absolute Gasteiger partial charge is 0.354 e. The molecule has 0 aliphatic carbocycles. The van der Waals surface area contributed by atoms with E-state index in [0.29, 0.717) is 24.5 Å². The average Bonchev–Trinajstić information content (AvgIpc) is 3.07. The van der Waals surface area contributed by atoms with Gasteiger partial charge in [0, 0.05) is 31.2 Å². The van der Waals surface area contributed by atoms with Crippen LogP contribution in [0.5, 0.6) is 0 Å². The molecule has 2 aromatic heterocycles. The number of carbonyl (C=O) groups excluding carboxylic acids is 1. The first-order chi connectivity index (χ1) is 12.1. The molecule has 1 aromatic carbocycles. The van der Waals surface area contributed by atoms with E-state index in [4.69, 9.17) is 0 Å². The highest BCUT2D eigenvalue weighted by Crippen LogP contribution is 2.12. The third-order valence-corrected chi connectivity index (χ3v) is 3.50. The van der Waals surface area contributed by atoms with Gasteiger partial charge in [0.1, 0.15) is 23.0 Å². The SMILES string of the molecule is O=C(Cc1ccc(F)cc1F)NCCn1ccc(-c2cnccn2)n1. The van der Waals surface area contributed by atoms with Crippen LogP contribution < -0.4 is 5.32 Å². The molecule has 0 fully saturated rings. The Morgan fingerprint density at radius 3 is 2.80 bits per heavy atom. The topological polar surface area (TPSA) is 72.7 Å². The van der Waals surface area contributed by atoms with Crippen molar-refractivity contribution in [2.45, 2.75) is 13.0 Å². The van der Waals surface area contributed by atoms with Crippen molar-refractivity contribution < 1.29 is 13.6 Å². The lowest BCUT2D eigenvalue weighted by Crippen LogP contribution is -2.29. The monoisotopic (exact) mass is 343 g/mol. The van der Waals surface area contributed by atoms with Crippen molar-refractivity contribution in [3.63, 3.8) is 0 Å². The molecule has 128 valence electrons. The van der Waals surface area contributed by atoms with E-state index in [-0.39, 0.29) is 17.9 Å². The van der Waals surface area contributed by atoms with Gasteiger partial charge in [-0.1, -0.05) is 6.07 Å². The number of hydrogen-bond donors (Lipinski definition) is 1. The van der Waals surface area contributed by atoms with Gasteiger partial charge in [0.25, 0.3) is 0 Å². The minimum atomic E-state index is -0.726. The predicted molar refractivity (Wildman–Crippen MR) is 86.3 cm³/mol. The molecule has 2 heterocycles. The van der Waals surface area contributed by atoms with Crippen LogP contribution in [-0.2, 0) is 17.8 Å². The van der Waals surface area contributed by atoms with E-state index < -0.39 is 11.6 Å². The van der Waals surface area contributed by atoms with E-state index in [2.05, 4.69) is 20.4 Å². The van der Waals surface area contributed by atoms with Crippen molar-refractivity contribution >= 4 is 5.91 Å². The Labute approximate surface area is 142 Å². The summed E-state index contributed by atoms with van der Waals surface area (Å²) in [5.41, 5.74) is 1.51. The number of benzene rings is 1. The summed E-state index contributed by atoms with van der Waals surface area (Å²) in [4.78, 5) is 20.0. The second-order valence-electron chi connectivity index (χ2n) is 5.32. The Kier molecular flexibility index (Phi) is 5.08. The van der Waals surface area contributed by atoms with Gasteiger partial charge in [-0.3, -0.25) is 19.4 Å². The number of carbonyl (C=O) groups is 1. The van der Waals surface area contributed by atoms with E-state index in [0.717, 1.165) is 12.1 Å². The quantitative estimate of drug-likeness (QED) is 0.743. The van der Waals surface area contributed by atoms with Crippen molar-refractivity contribution in [1.82, 2.24) is 25.1 Å². The van der Waals surface area contributed by atoms with Crippen molar-refractivity contribution in [3.8, 4) is 11.4 Å². The molecule has 0 aliphatic heterocycles. The van der Waals surface area contributed by atoms with Crippen LogP contribution in [0.2, 0.25) is 0 Å². The number of nitrogens with zero attached hydrogens (tertiary/aromatic N) is 4. The fourth-order valence-corrected chi connectivity index (χ4v) is 2.26. The fraction of sp³-hybridized carbons (Fsp3) is 0.176. The number of hydrogen-bond acceptors (Lipinski definition) is 4. The number of halogens is 2. The highest BCUT2D eigenvalue weighted by Gasteiger charge is 2.09. The highest BCUT2D eigenvalue weighted by molar-refractivity contribution is 5.78. The van der Waals surface area contributed by atoms with E-state index >= 15 is 0 Å². The molecule has 0 aliphatic rings. The minimum absolute atomic E-state index is 0.143. The summed E-state index contributed by atoms with van der Waals surface area (Å²) >= 11 is 0. The summed E-state index contributed by atoms with van der Waals surface area (Å²) in [5.74, 6) is -1.73. The molecule has 0 unspecified atom stereocenters. The summed E-state index contributed by atoms with van der Waals surface area (Å²) < 4.78 is 28.0. The van der Waals surface area contributed by atoms with Gasteiger partial charge in [0.15, 0.2) is 0 Å². The van der Waals surface area contributed by atoms with Gasteiger partial charge in [0.05, 0.1) is 19.2 Å². The third kappa shape index (κ3) is 4.43. The molecule has 0 radical (unpaired) electrons. The lowest BCUT2D eigenvalue weighted by atomic mass is 10.1. The Hall–Kier alpha value is -3.16. The molecule has 3 aromatic rings. The van der Waals surface area contributed by atoms with E-state index in [1.165, 1.54) is 6.07 Å². The van der Waals surface area contributed by atoms with Gasteiger partial charge >= 0.3 is 0 Å². The Balaban J connectivity index is 1.49. The molecule has 6 nitrogen and oxygen atoms in total. The molecular weight excluding hydrogens is 328 g/mol. The zero-order valence-electron chi connectivity index (χ0n) is 13.2. The molecule has 0 atom stereocenters. The molecule has 8 heteroatoms. The van der Waals surface area contributed by atoms with Crippen molar-refractivity contribution in [2.24, 2.45) is 0 Å². The van der Waals surface area contributed by atoms with Crippen LogP contribution in [0.4, 0.5) is 8.78 Å². The van der Waals surface area contributed by atoms with Crippen LogP contribution in [-0.4, -0.2) is 32.2 Å². The molecule has 0 spiro atoms.